The van der Waals surface area contributed by atoms with Crippen molar-refractivity contribution in [3.05, 3.63) is 29.8 Å². The van der Waals surface area contributed by atoms with Gasteiger partial charge in [-0.2, -0.15) is 0 Å². The fraction of sp³-hybridized carbons (Fsp3) is 0.667. The van der Waals surface area contributed by atoms with Crippen LogP contribution in [0.4, 0.5) is 0 Å². The maximum atomic E-state index is 6.11. The first-order valence-corrected chi connectivity index (χ1v) is 8.36. The molecular formula is C18H30N2O. The Morgan fingerprint density at radius 1 is 1.38 bits per heavy atom. The lowest BCUT2D eigenvalue weighted by Crippen LogP contribution is -2.46. The highest BCUT2D eigenvalue weighted by Crippen LogP contribution is 2.32. The van der Waals surface area contributed by atoms with Gasteiger partial charge in [0.25, 0.3) is 0 Å². The van der Waals surface area contributed by atoms with Crippen LogP contribution < -0.4 is 10.5 Å². The van der Waals surface area contributed by atoms with Gasteiger partial charge in [-0.15, -0.1) is 0 Å². The Kier molecular flexibility index (Phi) is 6.07. The van der Waals surface area contributed by atoms with Crippen molar-refractivity contribution < 1.29 is 4.74 Å². The maximum Gasteiger partial charge on any atom is 0.119 e. The van der Waals surface area contributed by atoms with Crippen LogP contribution in [-0.2, 0) is 0 Å². The van der Waals surface area contributed by atoms with Crippen LogP contribution in [0.25, 0.3) is 0 Å². The van der Waals surface area contributed by atoms with E-state index >= 15 is 0 Å². The van der Waals surface area contributed by atoms with Crippen molar-refractivity contribution in [2.45, 2.75) is 52.1 Å². The molecule has 0 saturated carbocycles. The molecule has 0 bridgehead atoms. The fourth-order valence-electron chi connectivity index (χ4n) is 3.30. The first kappa shape index (κ1) is 16.3. The quantitative estimate of drug-likeness (QED) is 0.870. The van der Waals surface area contributed by atoms with Crippen LogP contribution in [-0.4, -0.2) is 30.6 Å². The summed E-state index contributed by atoms with van der Waals surface area (Å²) in [4.78, 5) is 2.58. The molecule has 1 heterocycles. The van der Waals surface area contributed by atoms with Crippen LogP contribution >= 0.6 is 0 Å². The molecule has 2 N–H and O–H groups in total. The number of benzene rings is 1. The molecule has 21 heavy (non-hydrogen) atoms. The van der Waals surface area contributed by atoms with Crippen LogP contribution in [0, 0.1) is 5.92 Å². The molecule has 1 fully saturated rings. The summed E-state index contributed by atoms with van der Waals surface area (Å²) in [5, 5.41) is 0. The van der Waals surface area contributed by atoms with Gasteiger partial charge in [-0.05, 0) is 56.3 Å². The van der Waals surface area contributed by atoms with Crippen LogP contribution in [0.1, 0.15) is 51.6 Å². The zero-order valence-corrected chi connectivity index (χ0v) is 13.7. The van der Waals surface area contributed by atoms with Gasteiger partial charge in [0.05, 0.1) is 6.61 Å². The maximum absolute atomic E-state index is 6.11. The van der Waals surface area contributed by atoms with E-state index in [0.29, 0.717) is 18.6 Å². The van der Waals surface area contributed by atoms with Crippen LogP contribution in [0.3, 0.4) is 0 Å². The molecule has 0 spiro atoms. The van der Waals surface area contributed by atoms with E-state index in [1.54, 1.807) is 0 Å². The SMILES string of the molecule is CCCOc1cccc(C(CN)N2CCCC(C)C2C)c1. The summed E-state index contributed by atoms with van der Waals surface area (Å²) < 4.78 is 5.77. The van der Waals surface area contributed by atoms with Crippen molar-refractivity contribution in [2.75, 3.05) is 19.7 Å². The Balaban J connectivity index is 2.16. The average molecular weight is 290 g/mol. The molecule has 3 unspecified atom stereocenters. The molecule has 1 aliphatic rings. The Morgan fingerprint density at radius 2 is 2.19 bits per heavy atom. The third-order valence-electron chi connectivity index (χ3n) is 4.76. The molecule has 0 radical (unpaired) electrons. The first-order chi connectivity index (χ1) is 10.2. The molecule has 1 aliphatic heterocycles. The molecule has 3 heteroatoms. The van der Waals surface area contributed by atoms with Gasteiger partial charge in [0.15, 0.2) is 0 Å². The van der Waals surface area contributed by atoms with Gasteiger partial charge < -0.3 is 10.5 Å². The molecular weight excluding hydrogens is 260 g/mol. The summed E-state index contributed by atoms with van der Waals surface area (Å²) in [7, 11) is 0. The standard InChI is InChI=1S/C18H30N2O/c1-4-11-21-17-9-5-8-16(12-17)18(13-19)20-10-6-7-14(2)15(20)3/h5,8-9,12,14-15,18H,4,6-7,10-11,13,19H2,1-3H3. The Labute approximate surface area is 129 Å². The Morgan fingerprint density at radius 3 is 2.90 bits per heavy atom. The van der Waals surface area contributed by atoms with Gasteiger partial charge >= 0.3 is 0 Å². The largest absolute Gasteiger partial charge is 0.494 e. The van der Waals surface area contributed by atoms with Crippen molar-refractivity contribution in [2.24, 2.45) is 11.7 Å². The molecule has 0 aromatic heterocycles. The normalized spacial score (nSPS) is 24.8. The molecule has 1 aromatic rings. The second kappa shape index (κ2) is 7.81. The number of hydrogen-bond acceptors (Lipinski definition) is 3. The highest BCUT2D eigenvalue weighted by atomic mass is 16.5. The fourth-order valence-corrected chi connectivity index (χ4v) is 3.30. The number of nitrogens with zero attached hydrogens (tertiary/aromatic N) is 1. The van der Waals surface area contributed by atoms with Gasteiger partial charge in [-0.25, -0.2) is 0 Å². The summed E-state index contributed by atoms with van der Waals surface area (Å²) in [6.45, 7) is 9.40. The number of piperidine rings is 1. The Hall–Kier alpha value is -1.06. The number of likely N-dealkylation sites (tertiary alicyclic amines) is 1. The van der Waals surface area contributed by atoms with E-state index in [0.717, 1.165) is 31.2 Å². The molecule has 118 valence electrons. The van der Waals surface area contributed by atoms with Crippen molar-refractivity contribution >= 4 is 0 Å². The predicted molar refractivity (Wildman–Crippen MR) is 88.6 cm³/mol. The molecule has 1 saturated heterocycles. The molecule has 3 atom stereocenters. The molecule has 1 aromatic carbocycles. The third-order valence-corrected chi connectivity index (χ3v) is 4.76. The van der Waals surface area contributed by atoms with Crippen molar-refractivity contribution in [3.63, 3.8) is 0 Å². The van der Waals surface area contributed by atoms with Crippen molar-refractivity contribution in [3.8, 4) is 5.75 Å². The van der Waals surface area contributed by atoms with Gasteiger partial charge in [0.1, 0.15) is 5.75 Å². The lowest BCUT2D eigenvalue weighted by Gasteiger charge is -2.42. The van der Waals surface area contributed by atoms with Crippen LogP contribution in [0.2, 0.25) is 0 Å². The molecule has 0 amide bonds. The lowest BCUT2D eigenvalue weighted by atomic mass is 9.89. The van der Waals surface area contributed by atoms with E-state index in [2.05, 4.69) is 43.9 Å². The molecule has 0 aliphatic carbocycles. The molecule has 3 nitrogen and oxygen atoms in total. The number of nitrogens with two attached hydrogens (primary N) is 1. The average Bonchev–Trinajstić information content (AvgIpc) is 2.50. The predicted octanol–water partition coefficient (Wildman–Crippen LogP) is 3.60. The van der Waals surface area contributed by atoms with E-state index < -0.39 is 0 Å². The Bertz CT molecular complexity index is 435. The van der Waals surface area contributed by atoms with E-state index in [-0.39, 0.29) is 0 Å². The first-order valence-electron chi connectivity index (χ1n) is 8.36. The van der Waals surface area contributed by atoms with Gasteiger partial charge in [-0.3, -0.25) is 4.90 Å². The van der Waals surface area contributed by atoms with Crippen molar-refractivity contribution in [1.82, 2.24) is 4.90 Å². The summed E-state index contributed by atoms with van der Waals surface area (Å²) >= 11 is 0. The lowest BCUT2D eigenvalue weighted by molar-refractivity contribution is 0.0708. The number of ether oxygens (including phenoxy) is 1. The van der Waals surface area contributed by atoms with Crippen LogP contribution in [0.15, 0.2) is 24.3 Å². The minimum atomic E-state index is 0.299. The summed E-state index contributed by atoms with van der Waals surface area (Å²) in [6.07, 6.45) is 3.63. The third kappa shape index (κ3) is 3.98. The van der Waals surface area contributed by atoms with Crippen LogP contribution in [0.5, 0.6) is 5.75 Å². The summed E-state index contributed by atoms with van der Waals surface area (Å²) in [5.74, 6) is 1.71. The molecule has 2 rings (SSSR count). The van der Waals surface area contributed by atoms with Gasteiger partial charge in [-0.1, -0.05) is 26.0 Å². The highest BCUT2D eigenvalue weighted by Gasteiger charge is 2.30. The summed E-state index contributed by atoms with van der Waals surface area (Å²) in [6, 6.07) is 9.36. The van der Waals surface area contributed by atoms with E-state index in [1.165, 1.54) is 18.4 Å². The summed E-state index contributed by atoms with van der Waals surface area (Å²) in [5.41, 5.74) is 7.40. The number of hydrogen-bond donors (Lipinski definition) is 1. The zero-order valence-electron chi connectivity index (χ0n) is 13.7. The van der Waals surface area contributed by atoms with Gasteiger partial charge in [0.2, 0.25) is 0 Å². The van der Waals surface area contributed by atoms with E-state index in [1.807, 2.05) is 6.07 Å². The second-order valence-electron chi connectivity index (χ2n) is 6.27. The number of rotatable bonds is 6. The van der Waals surface area contributed by atoms with E-state index in [9.17, 15) is 0 Å². The minimum Gasteiger partial charge on any atom is -0.494 e. The second-order valence-corrected chi connectivity index (χ2v) is 6.27. The smallest absolute Gasteiger partial charge is 0.119 e. The minimum absolute atomic E-state index is 0.299. The topological polar surface area (TPSA) is 38.5 Å². The monoisotopic (exact) mass is 290 g/mol. The zero-order chi connectivity index (χ0) is 15.2. The highest BCUT2D eigenvalue weighted by molar-refractivity contribution is 5.31. The van der Waals surface area contributed by atoms with Gasteiger partial charge in [0, 0.05) is 18.6 Å². The van der Waals surface area contributed by atoms with Crippen molar-refractivity contribution in [1.29, 1.82) is 0 Å². The van der Waals surface area contributed by atoms with E-state index in [4.69, 9.17) is 10.5 Å².